The fourth-order valence-electron chi connectivity index (χ4n) is 1.91. The zero-order chi connectivity index (χ0) is 17.2. The third-order valence-corrected chi connectivity index (χ3v) is 3.81. The van der Waals surface area contributed by atoms with Gasteiger partial charge in [-0.3, -0.25) is 0 Å². The summed E-state index contributed by atoms with van der Waals surface area (Å²) in [6, 6.07) is 5.79. The monoisotopic (exact) mass is 342 g/mol. The highest BCUT2D eigenvalue weighted by molar-refractivity contribution is 7.90. The highest BCUT2D eigenvalue weighted by Gasteiger charge is 2.24. The predicted octanol–water partition coefficient (Wildman–Crippen LogP) is 2.27. The minimum Gasteiger partial charge on any atom is -0.465 e. The maximum absolute atomic E-state index is 13.2. The number of aromatic nitrogens is 2. The second-order valence-corrected chi connectivity index (χ2v) is 6.48. The van der Waals surface area contributed by atoms with Gasteiger partial charge in [-0.25, -0.2) is 32.0 Å². The van der Waals surface area contributed by atoms with Crippen molar-refractivity contribution < 1.29 is 26.7 Å². The van der Waals surface area contributed by atoms with Crippen molar-refractivity contribution in [2.45, 2.75) is 11.6 Å². The van der Waals surface area contributed by atoms with Gasteiger partial charge in [-0.05, 0) is 6.07 Å². The normalized spacial score (nSPS) is 11.5. The molecule has 0 saturated carbocycles. The highest BCUT2D eigenvalue weighted by Crippen LogP contribution is 2.32. The lowest BCUT2D eigenvalue weighted by molar-refractivity contribution is 0.0601. The SMILES string of the molecule is COC(=O)c1ccccc1-c1nc(S(C)(=O)=O)ncc1C(F)F. The van der Waals surface area contributed by atoms with Gasteiger partial charge in [-0.1, -0.05) is 18.2 Å². The minimum atomic E-state index is -3.80. The van der Waals surface area contributed by atoms with Crippen LogP contribution in [0.3, 0.4) is 0 Å². The molecule has 0 saturated heterocycles. The number of carbonyl (C=O) groups is 1. The summed E-state index contributed by atoms with van der Waals surface area (Å²) < 4.78 is 54.2. The van der Waals surface area contributed by atoms with Crippen LogP contribution in [-0.4, -0.2) is 37.7 Å². The molecule has 0 aliphatic heterocycles. The maximum atomic E-state index is 13.2. The van der Waals surface area contributed by atoms with Crippen LogP contribution in [0.2, 0.25) is 0 Å². The van der Waals surface area contributed by atoms with E-state index in [0.717, 1.165) is 19.6 Å². The largest absolute Gasteiger partial charge is 0.465 e. The molecule has 1 aromatic heterocycles. The summed E-state index contributed by atoms with van der Waals surface area (Å²) in [7, 11) is -2.65. The molecule has 2 rings (SSSR count). The number of sulfone groups is 1. The van der Waals surface area contributed by atoms with Crippen molar-refractivity contribution in [2.24, 2.45) is 0 Å². The number of nitrogens with zero attached hydrogens (tertiary/aromatic N) is 2. The third kappa shape index (κ3) is 3.50. The Labute approximate surface area is 131 Å². The molecule has 2 aromatic rings. The van der Waals surface area contributed by atoms with E-state index in [-0.39, 0.29) is 16.8 Å². The Kier molecular flexibility index (Phi) is 4.69. The second-order valence-electron chi connectivity index (χ2n) is 4.57. The molecule has 0 N–H and O–H groups in total. The van der Waals surface area contributed by atoms with E-state index in [9.17, 15) is 22.0 Å². The number of carbonyl (C=O) groups excluding carboxylic acids is 1. The molecule has 0 bridgehead atoms. The highest BCUT2D eigenvalue weighted by atomic mass is 32.2. The minimum absolute atomic E-state index is 0.00458. The number of benzene rings is 1. The molecule has 1 aromatic carbocycles. The molecular formula is C14H12F2N2O4S. The molecule has 0 radical (unpaired) electrons. The third-order valence-electron chi connectivity index (χ3n) is 2.95. The number of hydrogen-bond donors (Lipinski definition) is 0. The Morgan fingerprint density at radius 3 is 2.48 bits per heavy atom. The summed E-state index contributed by atoms with van der Waals surface area (Å²) in [5.41, 5.74) is -0.859. The van der Waals surface area contributed by atoms with Gasteiger partial charge in [0.25, 0.3) is 6.43 Å². The van der Waals surface area contributed by atoms with Crippen molar-refractivity contribution >= 4 is 15.8 Å². The van der Waals surface area contributed by atoms with E-state index in [1.54, 1.807) is 0 Å². The van der Waals surface area contributed by atoms with Crippen molar-refractivity contribution in [2.75, 3.05) is 13.4 Å². The van der Waals surface area contributed by atoms with Gasteiger partial charge < -0.3 is 4.74 Å². The molecule has 1 heterocycles. The van der Waals surface area contributed by atoms with Crippen molar-refractivity contribution in [1.82, 2.24) is 9.97 Å². The van der Waals surface area contributed by atoms with Gasteiger partial charge in [0.05, 0.1) is 23.9 Å². The standard InChI is InChI=1S/C14H12F2N2O4S/c1-22-13(19)9-6-4-3-5-8(9)11-10(12(15)16)7-17-14(18-11)23(2,20)21/h3-7,12H,1-2H3. The number of rotatable bonds is 4. The fraction of sp³-hybridized carbons (Fsp3) is 0.214. The van der Waals surface area contributed by atoms with Crippen LogP contribution in [-0.2, 0) is 14.6 Å². The van der Waals surface area contributed by atoms with E-state index in [2.05, 4.69) is 14.7 Å². The second kappa shape index (κ2) is 6.37. The number of methoxy groups -OCH3 is 1. The lowest BCUT2D eigenvalue weighted by atomic mass is 10.0. The van der Waals surface area contributed by atoms with Crippen LogP contribution in [0.15, 0.2) is 35.6 Å². The molecule has 0 spiro atoms. The summed E-state index contributed by atoms with van der Waals surface area (Å²) in [4.78, 5) is 19.0. The zero-order valence-corrected chi connectivity index (χ0v) is 13.0. The van der Waals surface area contributed by atoms with E-state index in [1.165, 1.54) is 24.3 Å². The first kappa shape index (κ1) is 16.9. The maximum Gasteiger partial charge on any atom is 0.338 e. The van der Waals surface area contributed by atoms with Gasteiger partial charge >= 0.3 is 5.97 Å². The van der Waals surface area contributed by atoms with Crippen LogP contribution in [0.5, 0.6) is 0 Å². The fourth-order valence-corrected chi connectivity index (χ4v) is 2.41. The van der Waals surface area contributed by atoms with Crippen LogP contribution in [0, 0.1) is 0 Å². The average molecular weight is 342 g/mol. The quantitative estimate of drug-likeness (QED) is 0.626. The van der Waals surface area contributed by atoms with E-state index >= 15 is 0 Å². The first-order chi connectivity index (χ1) is 10.8. The summed E-state index contributed by atoms with van der Waals surface area (Å²) in [5, 5.41) is -0.600. The van der Waals surface area contributed by atoms with Gasteiger partial charge in [-0.2, -0.15) is 0 Å². The van der Waals surface area contributed by atoms with Gasteiger partial charge in [0.1, 0.15) is 0 Å². The zero-order valence-electron chi connectivity index (χ0n) is 12.2. The summed E-state index contributed by atoms with van der Waals surface area (Å²) in [6.45, 7) is 0. The molecule has 122 valence electrons. The van der Waals surface area contributed by atoms with E-state index in [0.29, 0.717) is 0 Å². The molecule has 9 heteroatoms. The smallest absolute Gasteiger partial charge is 0.338 e. The summed E-state index contributed by atoms with van der Waals surface area (Å²) in [5.74, 6) is -0.750. The van der Waals surface area contributed by atoms with E-state index in [1.807, 2.05) is 0 Å². The number of ether oxygens (including phenoxy) is 1. The van der Waals surface area contributed by atoms with Crippen LogP contribution >= 0.6 is 0 Å². The van der Waals surface area contributed by atoms with E-state index in [4.69, 9.17) is 0 Å². The number of alkyl halides is 2. The molecule has 0 amide bonds. The van der Waals surface area contributed by atoms with Crippen molar-refractivity contribution in [3.05, 3.63) is 41.6 Å². The Hall–Kier alpha value is -2.42. The predicted molar refractivity (Wildman–Crippen MR) is 76.9 cm³/mol. The molecule has 0 fully saturated rings. The van der Waals surface area contributed by atoms with Gasteiger partial charge in [0.2, 0.25) is 15.0 Å². The average Bonchev–Trinajstić information content (AvgIpc) is 2.52. The van der Waals surface area contributed by atoms with Crippen LogP contribution in [0.1, 0.15) is 22.3 Å². The summed E-state index contributed by atoms with van der Waals surface area (Å²) >= 11 is 0. The molecule has 23 heavy (non-hydrogen) atoms. The molecule has 6 nitrogen and oxygen atoms in total. The first-order valence-corrected chi connectivity index (χ1v) is 8.17. The molecule has 0 unspecified atom stereocenters. The molecular weight excluding hydrogens is 330 g/mol. The molecule has 0 aliphatic carbocycles. The lowest BCUT2D eigenvalue weighted by Crippen LogP contribution is -2.10. The lowest BCUT2D eigenvalue weighted by Gasteiger charge is -2.12. The van der Waals surface area contributed by atoms with E-state index < -0.39 is 33.0 Å². The topological polar surface area (TPSA) is 86.2 Å². The van der Waals surface area contributed by atoms with Crippen LogP contribution in [0.25, 0.3) is 11.3 Å². The van der Waals surface area contributed by atoms with Gasteiger partial charge in [0.15, 0.2) is 0 Å². The number of halogens is 2. The van der Waals surface area contributed by atoms with Gasteiger partial charge in [0, 0.05) is 18.0 Å². The molecule has 0 aliphatic rings. The number of hydrogen-bond acceptors (Lipinski definition) is 6. The van der Waals surface area contributed by atoms with Crippen molar-refractivity contribution in [3.63, 3.8) is 0 Å². The number of esters is 1. The van der Waals surface area contributed by atoms with Crippen molar-refractivity contribution in [1.29, 1.82) is 0 Å². The van der Waals surface area contributed by atoms with Crippen molar-refractivity contribution in [3.8, 4) is 11.3 Å². The van der Waals surface area contributed by atoms with Crippen LogP contribution < -0.4 is 0 Å². The summed E-state index contributed by atoms with van der Waals surface area (Å²) in [6.07, 6.45) is -1.33. The van der Waals surface area contributed by atoms with Crippen LogP contribution in [0.4, 0.5) is 8.78 Å². The first-order valence-electron chi connectivity index (χ1n) is 6.28. The Balaban J connectivity index is 2.78. The Morgan fingerprint density at radius 2 is 1.91 bits per heavy atom. The van der Waals surface area contributed by atoms with Gasteiger partial charge in [-0.15, -0.1) is 0 Å². The Bertz CT molecular complexity index is 854. The molecule has 0 atom stereocenters. The Morgan fingerprint density at radius 1 is 1.26 bits per heavy atom.